The van der Waals surface area contributed by atoms with E-state index in [9.17, 15) is 4.79 Å². The molecule has 1 amide bonds. The highest BCUT2D eigenvalue weighted by molar-refractivity contribution is 7.08. The van der Waals surface area contributed by atoms with Crippen molar-refractivity contribution in [2.45, 2.75) is 18.8 Å². The molecule has 7 heteroatoms. The molecule has 0 aromatic carbocycles. The molecule has 3 heterocycles. The zero-order valence-corrected chi connectivity index (χ0v) is 12.7. The Bertz CT molecular complexity index is 588. The van der Waals surface area contributed by atoms with E-state index in [0.29, 0.717) is 18.4 Å². The Balaban J connectivity index is 1.58. The van der Waals surface area contributed by atoms with Crippen LogP contribution in [-0.2, 0) is 4.79 Å². The highest BCUT2D eigenvalue weighted by Gasteiger charge is 2.26. The van der Waals surface area contributed by atoms with Crippen LogP contribution in [0.25, 0.3) is 11.5 Å². The van der Waals surface area contributed by atoms with Crippen LogP contribution in [0.2, 0.25) is 0 Å². The molecule has 0 unspecified atom stereocenters. The summed E-state index contributed by atoms with van der Waals surface area (Å²) in [5, 5.41) is 15.0. The van der Waals surface area contributed by atoms with Crippen molar-refractivity contribution in [2.75, 3.05) is 26.7 Å². The van der Waals surface area contributed by atoms with E-state index in [2.05, 4.69) is 20.4 Å². The summed E-state index contributed by atoms with van der Waals surface area (Å²) in [5.74, 6) is 1.67. The van der Waals surface area contributed by atoms with Crippen LogP contribution < -0.4 is 5.32 Å². The van der Waals surface area contributed by atoms with Gasteiger partial charge in [0.2, 0.25) is 17.7 Å². The fourth-order valence-electron chi connectivity index (χ4n) is 2.52. The van der Waals surface area contributed by atoms with E-state index in [-0.39, 0.29) is 5.91 Å². The van der Waals surface area contributed by atoms with Crippen LogP contribution in [0.3, 0.4) is 0 Å². The van der Waals surface area contributed by atoms with Crippen LogP contribution in [0.4, 0.5) is 0 Å². The molecule has 2 aromatic rings. The number of carbonyl (C=O) groups excluding carboxylic acids is 1. The molecular formula is C14H18N4O2S. The van der Waals surface area contributed by atoms with Crippen molar-refractivity contribution in [1.82, 2.24) is 20.4 Å². The number of nitrogens with zero attached hydrogens (tertiary/aromatic N) is 3. The van der Waals surface area contributed by atoms with Crippen molar-refractivity contribution < 1.29 is 9.21 Å². The molecular weight excluding hydrogens is 288 g/mol. The van der Waals surface area contributed by atoms with Gasteiger partial charge in [-0.15, -0.1) is 10.2 Å². The van der Waals surface area contributed by atoms with E-state index in [1.165, 1.54) is 0 Å². The van der Waals surface area contributed by atoms with Crippen LogP contribution in [0, 0.1) is 0 Å². The first-order valence-corrected chi connectivity index (χ1v) is 7.99. The maximum Gasteiger partial charge on any atom is 0.248 e. The molecule has 112 valence electrons. The lowest BCUT2D eigenvalue weighted by Gasteiger charge is -2.29. The second kappa shape index (κ2) is 6.36. The lowest BCUT2D eigenvalue weighted by atomic mass is 9.97. The molecule has 0 atom stereocenters. The number of nitrogens with one attached hydrogen (secondary N) is 1. The summed E-state index contributed by atoms with van der Waals surface area (Å²) in [6.07, 6.45) is 1.89. The van der Waals surface area contributed by atoms with E-state index in [1.807, 2.05) is 16.8 Å². The SMILES string of the molecule is CNC(=O)CN1CCC(c2nnc(-c3ccsc3)o2)CC1. The van der Waals surface area contributed by atoms with Crippen molar-refractivity contribution >= 4 is 17.2 Å². The molecule has 0 bridgehead atoms. The van der Waals surface area contributed by atoms with Crippen LogP contribution in [0.15, 0.2) is 21.2 Å². The molecule has 6 nitrogen and oxygen atoms in total. The average Bonchev–Trinajstić information content (AvgIpc) is 3.19. The maximum atomic E-state index is 11.4. The van der Waals surface area contributed by atoms with Crippen LogP contribution in [0.5, 0.6) is 0 Å². The van der Waals surface area contributed by atoms with Gasteiger partial charge in [-0.1, -0.05) is 0 Å². The molecule has 3 rings (SSSR count). The van der Waals surface area contributed by atoms with E-state index in [1.54, 1.807) is 18.4 Å². The molecule has 21 heavy (non-hydrogen) atoms. The number of likely N-dealkylation sites (N-methyl/N-ethyl adjacent to an activating group) is 1. The Labute approximate surface area is 127 Å². The molecule has 1 saturated heterocycles. The van der Waals surface area contributed by atoms with Crippen LogP contribution in [-0.4, -0.2) is 47.7 Å². The first-order chi connectivity index (χ1) is 10.3. The number of rotatable bonds is 4. The Morgan fingerprint density at radius 2 is 2.29 bits per heavy atom. The molecule has 0 aliphatic carbocycles. The number of hydrogen-bond donors (Lipinski definition) is 1. The van der Waals surface area contributed by atoms with Gasteiger partial charge in [-0.2, -0.15) is 11.3 Å². The molecule has 2 aromatic heterocycles. The molecule has 1 N–H and O–H groups in total. The Hall–Kier alpha value is -1.73. The van der Waals surface area contributed by atoms with Gasteiger partial charge in [0, 0.05) is 23.9 Å². The van der Waals surface area contributed by atoms with Gasteiger partial charge in [0.15, 0.2) is 0 Å². The topological polar surface area (TPSA) is 71.3 Å². The van der Waals surface area contributed by atoms with Gasteiger partial charge in [0.25, 0.3) is 0 Å². The minimum atomic E-state index is 0.0611. The summed E-state index contributed by atoms with van der Waals surface area (Å²) in [7, 11) is 1.67. The predicted octanol–water partition coefficient (Wildman–Crippen LogP) is 1.72. The minimum absolute atomic E-state index is 0.0611. The van der Waals surface area contributed by atoms with Crippen molar-refractivity contribution in [3.8, 4) is 11.5 Å². The van der Waals surface area contributed by atoms with Crippen LogP contribution in [0.1, 0.15) is 24.7 Å². The number of aromatic nitrogens is 2. The maximum absolute atomic E-state index is 11.4. The largest absolute Gasteiger partial charge is 0.420 e. The zero-order chi connectivity index (χ0) is 14.7. The number of carbonyl (C=O) groups is 1. The minimum Gasteiger partial charge on any atom is -0.420 e. The number of amides is 1. The van der Waals surface area contributed by atoms with Crippen molar-refractivity contribution in [2.24, 2.45) is 0 Å². The second-order valence-electron chi connectivity index (χ2n) is 5.18. The third-order valence-electron chi connectivity index (χ3n) is 3.79. The quantitative estimate of drug-likeness (QED) is 0.931. The molecule has 1 fully saturated rings. The van der Waals surface area contributed by atoms with Gasteiger partial charge in [0.1, 0.15) is 0 Å². The van der Waals surface area contributed by atoms with Crippen molar-refractivity contribution in [3.63, 3.8) is 0 Å². The average molecular weight is 306 g/mol. The molecule has 0 spiro atoms. The fraction of sp³-hybridized carbons (Fsp3) is 0.500. The molecule has 0 radical (unpaired) electrons. The van der Waals surface area contributed by atoms with E-state index in [0.717, 1.165) is 37.4 Å². The summed E-state index contributed by atoms with van der Waals surface area (Å²) in [6.45, 7) is 2.23. The highest BCUT2D eigenvalue weighted by Crippen LogP contribution is 2.29. The summed E-state index contributed by atoms with van der Waals surface area (Å²) in [5.41, 5.74) is 0.982. The molecule has 0 saturated carbocycles. The van der Waals surface area contributed by atoms with Gasteiger partial charge in [0.05, 0.1) is 6.54 Å². The molecule has 1 aliphatic heterocycles. The van der Waals surface area contributed by atoms with Gasteiger partial charge >= 0.3 is 0 Å². The normalized spacial score (nSPS) is 17.0. The van der Waals surface area contributed by atoms with E-state index in [4.69, 9.17) is 4.42 Å². The smallest absolute Gasteiger partial charge is 0.248 e. The Morgan fingerprint density at radius 3 is 2.95 bits per heavy atom. The number of likely N-dealkylation sites (tertiary alicyclic amines) is 1. The first-order valence-electron chi connectivity index (χ1n) is 7.05. The number of piperidine rings is 1. The molecule has 1 aliphatic rings. The van der Waals surface area contributed by atoms with Gasteiger partial charge in [-0.25, -0.2) is 0 Å². The summed E-state index contributed by atoms with van der Waals surface area (Å²) in [6, 6.07) is 1.98. The predicted molar refractivity (Wildman–Crippen MR) is 80.1 cm³/mol. The van der Waals surface area contributed by atoms with E-state index >= 15 is 0 Å². The highest BCUT2D eigenvalue weighted by atomic mass is 32.1. The Morgan fingerprint density at radius 1 is 1.48 bits per heavy atom. The lowest BCUT2D eigenvalue weighted by Crippen LogP contribution is -2.40. The van der Waals surface area contributed by atoms with Gasteiger partial charge < -0.3 is 9.73 Å². The third-order valence-corrected chi connectivity index (χ3v) is 4.47. The first kappa shape index (κ1) is 14.2. The van der Waals surface area contributed by atoms with E-state index < -0.39 is 0 Å². The van der Waals surface area contributed by atoms with Gasteiger partial charge in [-0.3, -0.25) is 9.69 Å². The fourth-order valence-corrected chi connectivity index (χ4v) is 3.15. The Kier molecular flexibility index (Phi) is 4.31. The summed E-state index contributed by atoms with van der Waals surface area (Å²) < 4.78 is 5.79. The second-order valence-corrected chi connectivity index (χ2v) is 5.96. The van der Waals surface area contributed by atoms with Crippen molar-refractivity contribution in [1.29, 1.82) is 0 Å². The van der Waals surface area contributed by atoms with Crippen LogP contribution >= 0.6 is 11.3 Å². The third kappa shape index (κ3) is 3.30. The number of hydrogen-bond acceptors (Lipinski definition) is 6. The summed E-state index contributed by atoms with van der Waals surface area (Å²) >= 11 is 1.62. The zero-order valence-electron chi connectivity index (χ0n) is 11.9. The van der Waals surface area contributed by atoms with Crippen molar-refractivity contribution in [3.05, 3.63) is 22.7 Å². The van der Waals surface area contributed by atoms with Gasteiger partial charge in [-0.05, 0) is 37.4 Å². The summed E-state index contributed by atoms with van der Waals surface area (Å²) in [4.78, 5) is 13.5. The number of thiophene rings is 1. The monoisotopic (exact) mass is 306 g/mol. The lowest BCUT2D eigenvalue weighted by molar-refractivity contribution is -0.122. The standard InChI is InChI=1S/C14H18N4O2S/c1-15-12(19)8-18-5-2-10(3-6-18)13-16-17-14(20-13)11-4-7-21-9-11/h4,7,9-10H,2-3,5-6,8H2,1H3,(H,15,19).